The van der Waals surface area contributed by atoms with Crippen LogP contribution in [0.4, 0.5) is 0 Å². The fourth-order valence-electron chi connectivity index (χ4n) is 1.80. The molecule has 18 heavy (non-hydrogen) atoms. The average molecular weight is 266 g/mol. The molecule has 1 aromatic heterocycles. The SMILES string of the molecule is COc1cccc(Cl)c1CN[C@@H](C)c1ccco1. The van der Waals surface area contributed by atoms with Gasteiger partial charge >= 0.3 is 0 Å². The van der Waals surface area contributed by atoms with E-state index in [-0.39, 0.29) is 6.04 Å². The molecule has 0 saturated heterocycles. The number of hydrogen-bond acceptors (Lipinski definition) is 3. The predicted molar refractivity (Wildman–Crippen MR) is 72.0 cm³/mol. The monoisotopic (exact) mass is 265 g/mol. The highest BCUT2D eigenvalue weighted by molar-refractivity contribution is 6.31. The standard InChI is InChI=1S/C14H16ClNO2/c1-10(13-7-4-8-18-13)16-9-11-12(15)5-3-6-14(11)17-2/h3-8,10,16H,9H2,1-2H3/t10-/m0/s1. The molecule has 3 nitrogen and oxygen atoms in total. The highest BCUT2D eigenvalue weighted by atomic mass is 35.5. The van der Waals surface area contributed by atoms with Gasteiger partial charge in [-0.05, 0) is 31.2 Å². The van der Waals surface area contributed by atoms with Crippen LogP contribution in [0, 0.1) is 0 Å². The Morgan fingerprint density at radius 2 is 2.17 bits per heavy atom. The van der Waals surface area contributed by atoms with Crippen LogP contribution < -0.4 is 10.1 Å². The van der Waals surface area contributed by atoms with Crippen LogP contribution in [0.1, 0.15) is 24.3 Å². The van der Waals surface area contributed by atoms with Gasteiger partial charge < -0.3 is 14.5 Å². The Morgan fingerprint density at radius 3 is 2.83 bits per heavy atom. The van der Waals surface area contributed by atoms with Gasteiger partial charge in [-0.15, -0.1) is 0 Å². The number of hydrogen-bond donors (Lipinski definition) is 1. The van der Waals surface area contributed by atoms with Crippen LogP contribution in [0.25, 0.3) is 0 Å². The molecule has 0 bridgehead atoms. The Morgan fingerprint density at radius 1 is 1.33 bits per heavy atom. The number of methoxy groups -OCH3 is 1. The number of benzene rings is 1. The van der Waals surface area contributed by atoms with Crippen molar-refractivity contribution in [3.8, 4) is 5.75 Å². The minimum atomic E-state index is 0.126. The Labute approximate surface area is 112 Å². The summed E-state index contributed by atoms with van der Waals surface area (Å²) in [7, 11) is 1.64. The Hall–Kier alpha value is -1.45. The summed E-state index contributed by atoms with van der Waals surface area (Å²) in [6.45, 7) is 2.67. The van der Waals surface area contributed by atoms with Crippen LogP contribution in [0.5, 0.6) is 5.75 Å². The second-order valence-corrected chi connectivity index (χ2v) is 4.45. The van der Waals surface area contributed by atoms with Crippen LogP contribution in [-0.4, -0.2) is 7.11 Å². The van der Waals surface area contributed by atoms with Crippen molar-refractivity contribution >= 4 is 11.6 Å². The van der Waals surface area contributed by atoms with Crippen molar-refractivity contribution in [3.05, 3.63) is 52.9 Å². The van der Waals surface area contributed by atoms with Gasteiger partial charge in [0.05, 0.1) is 19.4 Å². The summed E-state index contributed by atoms with van der Waals surface area (Å²) in [4.78, 5) is 0. The minimum absolute atomic E-state index is 0.126. The molecular formula is C14H16ClNO2. The van der Waals surface area contributed by atoms with Crippen LogP contribution in [0.15, 0.2) is 41.0 Å². The average Bonchev–Trinajstić information content (AvgIpc) is 2.90. The maximum atomic E-state index is 6.17. The molecule has 0 amide bonds. The van der Waals surface area contributed by atoms with E-state index in [0.717, 1.165) is 17.1 Å². The summed E-state index contributed by atoms with van der Waals surface area (Å²) in [5.74, 6) is 1.70. The molecule has 0 fully saturated rings. The molecule has 4 heteroatoms. The zero-order chi connectivity index (χ0) is 13.0. The molecule has 96 valence electrons. The van der Waals surface area contributed by atoms with Gasteiger partial charge in [-0.25, -0.2) is 0 Å². The molecule has 0 unspecified atom stereocenters. The summed E-state index contributed by atoms with van der Waals surface area (Å²) < 4.78 is 10.6. The number of nitrogens with one attached hydrogen (secondary N) is 1. The molecule has 1 N–H and O–H groups in total. The smallest absolute Gasteiger partial charge is 0.124 e. The maximum absolute atomic E-state index is 6.17. The first-order valence-electron chi connectivity index (χ1n) is 5.80. The molecule has 1 aromatic carbocycles. The van der Waals surface area contributed by atoms with Crippen molar-refractivity contribution in [1.82, 2.24) is 5.32 Å². The van der Waals surface area contributed by atoms with Crippen molar-refractivity contribution in [3.63, 3.8) is 0 Å². The van der Waals surface area contributed by atoms with Crippen molar-refractivity contribution in [2.75, 3.05) is 7.11 Å². The van der Waals surface area contributed by atoms with Crippen LogP contribution in [-0.2, 0) is 6.54 Å². The molecule has 1 heterocycles. The van der Waals surface area contributed by atoms with E-state index in [1.807, 2.05) is 37.3 Å². The van der Waals surface area contributed by atoms with Gasteiger partial charge in [0.1, 0.15) is 11.5 Å². The molecule has 0 saturated carbocycles. The third-order valence-electron chi connectivity index (χ3n) is 2.85. The number of rotatable bonds is 5. The quantitative estimate of drug-likeness (QED) is 0.893. The van der Waals surface area contributed by atoms with E-state index in [4.69, 9.17) is 20.8 Å². The van der Waals surface area contributed by atoms with E-state index in [0.29, 0.717) is 11.6 Å². The topological polar surface area (TPSA) is 34.4 Å². The molecule has 2 rings (SSSR count). The van der Waals surface area contributed by atoms with Crippen LogP contribution >= 0.6 is 11.6 Å². The first-order valence-corrected chi connectivity index (χ1v) is 6.18. The van der Waals surface area contributed by atoms with Gasteiger partial charge in [0, 0.05) is 17.1 Å². The highest BCUT2D eigenvalue weighted by Crippen LogP contribution is 2.26. The van der Waals surface area contributed by atoms with E-state index in [1.54, 1.807) is 13.4 Å². The maximum Gasteiger partial charge on any atom is 0.124 e. The van der Waals surface area contributed by atoms with Crippen molar-refractivity contribution in [1.29, 1.82) is 0 Å². The third kappa shape index (κ3) is 2.86. The lowest BCUT2D eigenvalue weighted by atomic mass is 10.1. The van der Waals surface area contributed by atoms with Gasteiger partial charge in [0.25, 0.3) is 0 Å². The lowest BCUT2D eigenvalue weighted by Gasteiger charge is -2.14. The van der Waals surface area contributed by atoms with Crippen molar-refractivity contribution in [2.24, 2.45) is 0 Å². The second-order valence-electron chi connectivity index (χ2n) is 4.04. The fraction of sp³-hybridized carbons (Fsp3) is 0.286. The molecule has 0 spiro atoms. The van der Waals surface area contributed by atoms with Crippen LogP contribution in [0.3, 0.4) is 0 Å². The number of ether oxygens (including phenoxy) is 1. The minimum Gasteiger partial charge on any atom is -0.496 e. The van der Waals surface area contributed by atoms with Gasteiger partial charge in [-0.2, -0.15) is 0 Å². The summed E-state index contributed by atoms with van der Waals surface area (Å²) in [6, 6.07) is 9.59. The molecular weight excluding hydrogens is 250 g/mol. The molecule has 0 aliphatic rings. The summed E-state index contributed by atoms with van der Waals surface area (Å²) in [5.41, 5.74) is 0.958. The normalized spacial score (nSPS) is 12.4. The summed E-state index contributed by atoms with van der Waals surface area (Å²) >= 11 is 6.17. The first-order chi connectivity index (χ1) is 8.72. The van der Waals surface area contributed by atoms with Crippen molar-refractivity contribution < 1.29 is 9.15 Å². The van der Waals surface area contributed by atoms with E-state index in [1.165, 1.54) is 0 Å². The molecule has 0 radical (unpaired) electrons. The molecule has 2 aromatic rings. The molecule has 1 atom stereocenters. The fourth-order valence-corrected chi connectivity index (χ4v) is 2.03. The van der Waals surface area contributed by atoms with Crippen LogP contribution in [0.2, 0.25) is 5.02 Å². The second kappa shape index (κ2) is 5.94. The predicted octanol–water partition coefficient (Wildman–Crippen LogP) is 3.79. The first kappa shape index (κ1) is 13.0. The van der Waals surface area contributed by atoms with E-state index in [9.17, 15) is 0 Å². The number of halogens is 1. The summed E-state index contributed by atoms with van der Waals surface area (Å²) in [6.07, 6.45) is 1.67. The molecule has 0 aliphatic carbocycles. The largest absolute Gasteiger partial charge is 0.496 e. The Kier molecular flexibility index (Phi) is 4.28. The number of furan rings is 1. The van der Waals surface area contributed by atoms with Gasteiger partial charge in [0.2, 0.25) is 0 Å². The zero-order valence-electron chi connectivity index (χ0n) is 10.4. The van der Waals surface area contributed by atoms with Gasteiger partial charge in [-0.3, -0.25) is 0 Å². The molecule has 0 aliphatic heterocycles. The van der Waals surface area contributed by atoms with E-state index >= 15 is 0 Å². The zero-order valence-corrected chi connectivity index (χ0v) is 11.2. The van der Waals surface area contributed by atoms with Crippen molar-refractivity contribution in [2.45, 2.75) is 19.5 Å². The lowest BCUT2D eigenvalue weighted by molar-refractivity contribution is 0.399. The van der Waals surface area contributed by atoms with E-state index in [2.05, 4.69) is 5.32 Å². The highest BCUT2D eigenvalue weighted by Gasteiger charge is 2.11. The van der Waals surface area contributed by atoms with Gasteiger partial charge in [-0.1, -0.05) is 17.7 Å². The summed E-state index contributed by atoms with van der Waals surface area (Å²) in [5, 5.41) is 4.06. The Bertz CT molecular complexity index is 497. The van der Waals surface area contributed by atoms with E-state index < -0.39 is 0 Å². The van der Waals surface area contributed by atoms with Gasteiger partial charge in [0.15, 0.2) is 0 Å². The Balaban J connectivity index is 2.06. The third-order valence-corrected chi connectivity index (χ3v) is 3.20. The lowest BCUT2D eigenvalue weighted by Crippen LogP contribution is -2.18.